The first-order chi connectivity index (χ1) is 14.3. The first kappa shape index (κ1) is 19.6. The maximum Gasteiger partial charge on any atom is 0.261 e. The van der Waals surface area contributed by atoms with Crippen molar-refractivity contribution in [2.45, 2.75) is 27.7 Å². The van der Waals surface area contributed by atoms with E-state index in [0.29, 0.717) is 11.3 Å². The van der Waals surface area contributed by atoms with Crippen molar-refractivity contribution in [3.8, 4) is 0 Å². The summed E-state index contributed by atoms with van der Waals surface area (Å²) in [5, 5.41) is 13.9. The van der Waals surface area contributed by atoms with E-state index >= 15 is 0 Å². The number of nitrogens with zero attached hydrogens (tertiary/aromatic N) is 1. The number of nitrogens with one attached hydrogen (secondary N) is 1. The minimum atomic E-state index is -0.374. The fourth-order valence-corrected chi connectivity index (χ4v) is 3.62. The summed E-state index contributed by atoms with van der Waals surface area (Å²) in [5.74, 6) is -0.418. The number of carbonyl (C=O) groups is 1. The zero-order chi connectivity index (χ0) is 21.4. The molecule has 0 bridgehead atoms. The van der Waals surface area contributed by atoms with Gasteiger partial charge in [-0.2, -0.15) is 0 Å². The van der Waals surface area contributed by atoms with Crippen molar-refractivity contribution in [3.05, 3.63) is 99.6 Å². The van der Waals surface area contributed by atoms with Crippen LogP contribution < -0.4 is 5.32 Å². The second kappa shape index (κ2) is 7.64. The lowest BCUT2D eigenvalue weighted by Gasteiger charge is -2.12. The lowest BCUT2D eigenvalue weighted by Crippen LogP contribution is -2.20. The van der Waals surface area contributed by atoms with Crippen LogP contribution in [0.5, 0.6) is 0 Å². The molecule has 0 saturated heterocycles. The minimum absolute atomic E-state index is 0.0440. The van der Waals surface area contributed by atoms with Gasteiger partial charge in [0.15, 0.2) is 0 Å². The number of amides is 1. The molecule has 4 nitrogen and oxygen atoms in total. The van der Waals surface area contributed by atoms with Gasteiger partial charge in [-0.1, -0.05) is 48.5 Å². The van der Waals surface area contributed by atoms with E-state index < -0.39 is 0 Å². The lowest BCUT2D eigenvalue weighted by molar-refractivity contribution is -0.112. The molecule has 0 atom stereocenters. The summed E-state index contributed by atoms with van der Waals surface area (Å²) >= 11 is 0. The van der Waals surface area contributed by atoms with Crippen molar-refractivity contribution in [1.29, 1.82) is 0 Å². The molecule has 0 heterocycles. The Morgan fingerprint density at radius 1 is 0.833 bits per heavy atom. The fourth-order valence-electron chi connectivity index (χ4n) is 3.62. The largest absolute Gasteiger partial charge is 0.506 e. The molecule has 0 saturated carbocycles. The molecule has 1 aliphatic rings. The molecule has 2 N–H and O–H groups in total. The average Bonchev–Trinajstić information content (AvgIpc) is 3.00. The molecule has 30 heavy (non-hydrogen) atoms. The van der Waals surface area contributed by atoms with Crippen molar-refractivity contribution < 1.29 is 9.90 Å². The Labute approximate surface area is 176 Å². The Morgan fingerprint density at radius 2 is 1.47 bits per heavy atom. The molecule has 3 aromatic carbocycles. The number of rotatable bonds is 3. The molecule has 0 spiro atoms. The normalized spacial score (nSPS) is 14.2. The third-order valence-corrected chi connectivity index (χ3v) is 5.38. The summed E-state index contributed by atoms with van der Waals surface area (Å²) in [4.78, 5) is 18.1. The highest BCUT2D eigenvalue weighted by molar-refractivity contribution is 6.38. The quantitative estimate of drug-likeness (QED) is 0.573. The van der Waals surface area contributed by atoms with Crippen LogP contribution in [-0.2, 0) is 4.79 Å². The molecule has 150 valence electrons. The Hall–Kier alpha value is -3.66. The maximum atomic E-state index is 13.3. The second-order valence-corrected chi connectivity index (χ2v) is 7.79. The monoisotopic (exact) mass is 396 g/mol. The molecule has 1 amide bonds. The number of hydrogen-bond donors (Lipinski definition) is 2. The van der Waals surface area contributed by atoms with E-state index in [4.69, 9.17) is 4.99 Å². The molecule has 3 aromatic rings. The van der Waals surface area contributed by atoms with Crippen LogP contribution in [0, 0.1) is 27.7 Å². The number of benzene rings is 3. The van der Waals surface area contributed by atoms with Crippen LogP contribution in [0.2, 0.25) is 0 Å². The van der Waals surface area contributed by atoms with Gasteiger partial charge in [-0.05, 0) is 62.1 Å². The average molecular weight is 396 g/mol. The van der Waals surface area contributed by atoms with Crippen LogP contribution in [0.4, 0.5) is 11.4 Å². The Bertz CT molecular complexity index is 1240. The van der Waals surface area contributed by atoms with Crippen LogP contribution >= 0.6 is 0 Å². The van der Waals surface area contributed by atoms with Gasteiger partial charge in [-0.25, -0.2) is 4.99 Å². The van der Waals surface area contributed by atoms with Gasteiger partial charge in [0.1, 0.15) is 11.3 Å². The summed E-state index contributed by atoms with van der Waals surface area (Å²) in [5.41, 5.74) is 7.65. The van der Waals surface area contributed by atoms with Crippen LogP contribution in [0.15, 0.2) is 71.2 Å². The predicted octanol–water partition coefficient (Wildman–Crippen LogP) is 5.96. The summed E-state index contributed by atoms with van der Waals surface area (Å²) in [7, 11) is 0. The first-order valence-corrected chi connectivity index (χ1v) is 9.93. The van der Waals surface area contributed by atoms with Gasteiger partial charge >= 0.3 is 0 Å². The van der Waals surface area contributed by atoms with E-state index in [9.17, 15) is 9.90 Å². The minimum Gasteiger partial charge on any atom is -0.506 e. The van der Waals surface area contributed by atoms with Gasteiger partial charge in [0.2, 0.25) is 0 Å². The molecule has 0 unspecified atom stereocenters. The first-order valence-electron chi connectivity index (χ1n) is 9.93. The van der Waals surface area contributed by atoms with Gasteiger partial charge in [-0.3, -0.25) is 4.79 Å². The number of aliphatic hydroxyl groups is 1. The van der Waals surface area contributed by atoms with Crippen LogP contribution in [0.3, 0.4) is 0 Å². The number of fused-ring (bicyclic) bond motifs is 1. The number of anilines is 1. The molecular formula is C26H24N2O2. The van der Waals surface area contributed by atoms with E-state index in [1.165, 1.54) is 0 Å². The van der Waals surface area contributed by atoms with Crippen LogP contribution in [-0.4, -0.2) is 16.7 Å². The highest BCUT2D eigenvalue weighted by Gasteiger charge is 2.32. The summed E-state index contributed by atoms with van der Waals surface area (Å²) in [6, 6.07) is 19.3. The van der Waals surface area contributed by atoms with Gasteiger partial charge in [0.25, 0.3) is 5.91 Å². The summed E-state index contributed by atoms with van der Waals surface area (Å²) in [6.07, 6.45) is 0. The second-order valence-electron chi connectivity index (χ2n) is 7.79. The van der Waals surface area contributed by atoms with Crippen molar-refractivity contribution in [2.24, 2.45) is 4.99 Å². The van der Waals surface area contributed by atoms with Crippen LogP contribution in [0.25, 0.3) is 5.76 Å². The van der Waals surface area contributed by atoms with Crippen LogP contribution in [0.1, 0.15) is 33.4 Å². The Kier molecular flexibility index (Phi) is 5.00. The Morgan fingerprint density at radius 3 is 2.20 bits per heavy atom. The highest BCUT2D eigenvalue weighted by atomic mass is 16.3. The van der Waals surface area contributed by atoms with Gasteiger partial charge < -0.3 is 10.4 Å². The van der Waals surface area contributed by atoms with Gasteiger partial charge in [-0.15, -0.1) is 0 Å². The molecule has 0 radical (unpaired) electrons. The third kappa shape index (κ3) is 3.52. The predicted molar refractivity (Wildman–Crippen MR) is 123 cm³/mol. The smallest absolute Gasteiger partial charge is 0.261 e. The van der Waals surface area contributed by atoms with E-state index in [1.807, 2.05) is 88.4 Å². The number of hydrogen-bond acceptors (Lipinski definition) is 3. The highest BCUT2D eigenvalue weighted by Crippen LogP contribution is 2.35. The number of carbonyl (C=O) groups excluding carboxylic acids is 1. The van der Waals surface area contributed by atoms with E-state index in [1.54, 1.807) is 0 Å². The summed E-state index contributed by atoms with van der Waals surface area (Å²) in [6.45, 7) is 7.91. The Balaban J connectivity index is 1.83. The zero-order valence-corrected chi connectivity index (χ0v) is 17.6. The molecule has 0 aliphatic heterocycles. The zero-order valence-electron chi connectivity index (χ0n) is 17.6. The van der Waals surface area contributed by atoms with E-state index in [0.717, 1.165) is 39.2 Å². The lowest BCUT2D eigenvalue weighted by atomic mass is 10.1. The fraction of sp³-hybridized carbons (Fsp3) is 0.154. The number of aliphatic hydroxyl groups excluding tert-OH is 1. The van der Waals surface area contributed by atoms with Gasteiger partial charge in [0.05, 0.1) is 11.4 Å². The standard InChI is InChI=1S/C26H24N2O2/c1-15-9-11-17(3)21(13-15)27-24-19-7-5-6-8-20(19)25(29)23(24)26(30)28-22-14-16(2)10-12-18(22)4/h5-14,29H,1-4H3,(H,28,30). The van der Waals surface area contributed by atoms with E-state index in [-0.39, 0.29) is 17.2 Å². The van der Waals surface area contributed by atoms with Crippen molar-refractivity contribution in [1.82, 2.24) is 0 Å². The number of aryl methyl sites for hydroxylation is 4. The van der Waals surface area contributed by atoms with Crippen molar-refractivity contribution in [2.75, 3.05) is 5.32 Å². The molecule has 1 aliphatic carbocycles. The van der Waals surface area contributed by atoms with Gasteiger partial charge in [0, 0.05) is 16.8 Å². The number of aliphatic imine (C=N–C) groups is 1. The molecule has 0 aromatic heterocycles. The molecule has 4 heteroatoms. The topological polar surface area (TPSA) is 61.7 Å². The maximum absolute atomic E-state index is 13.3. The van der Waals surface area contributed by atoms with E-state index in [2.05, 4.69) is 5.32 Å². The molecule has 0 fully saturated rings. The summed E-state index contributed by atoms with van der Waals surface area (Å²) < 4.78 is 0. The SMILES string of the molecule is Cc1ccc(C)c(N=C2C(C(=O)Nc3cc(C)ccc3C)=C(O)c3ccccc32)c1. The molecular weight excluding hydrogens is 372 g/mol. The van der Waals surface area contributed by atoms with Crippen molar-refractivity contribution >= 4 is 28.8 Å². The molecule has 4 rings (SSSR count). The third-order valence-electron chi connectivity index (χ3n) is 5.38. The van der Waals surface area contributed by atoms with Crippen molar-refractivity contribution in [3.63, 3.8) is 0 Å².